The molecule has 0 saturated carbocycles. The fourth-order valence-corrected chi connectivity index (χ4v) is 3.69. The summed E-state index contributed by atoms with van der Waals surface area (Å²) in [4.78, 5) is 10.1. The molecule has 25 heavy (non-hydrogen) atoms. The maximum Gasteiger partial charge on any atom is 0.270 e. The number of ether oxygens (including phenoxy) is 1. The number of nitrogens with zero attached hydrogens (tertiary/aromatic N) is 1. The van der Waals surface area contributed by atoms with Crippen molar-refractivity contribution < 1.29 is 18.1 Å². The van der Waals surface area contributed by atoms with Gasteiger partial charge in [0.05, 0.1) is 9.82 Å². The Bertz CT molecular complexity index is 833. The molecule has 0 bridgehead atoms. The Hall–Kier alpha value is -2.29. The number of benzene rings is 2. The van der Waals surface area contributed by atoms with E-state index in [-0.39, 0.29) is 17.1 Å². The van der Waals surface area contributed by atoms with Gasteiger partial charge in [0, 0.05) is 25.8 Å². The lowest BCUT2D eigenvalue weighted by atomic mass is 9.91. The van der Waals surface area contributed by atoms with Crippen LogP contribution in [0.15, 0.2) is 59.5 Å². The third kappa shape index (κ3) is 4.22. The Kier molecular flexibility index (Phi) is 5.89. The molecule has 2 rings (SSSR count). The van der Waals surface area contributed by atoms with E-state index in [1.807, 2.05) is 37.3 Å². The third-order valence-electron chi connectivity index (χ3n) is 4.15. The van der Waals surface area contributed by atoms with Gasteiger partial charge in [-0.2, -0.15) is 0 Å². The Morgan fingerprint density at radius 1 is 1.16 bits per heavy atom. The van der Waals surface area contributed by atoms with Gasteiger partial charge in [-0.1, -0.05) is 43.3 Å². The van der Waals surface area contributed by atoms with Gasteiger partial charge in [-0.15, -0.1) is 0 Å². The number of rotatable bonds is 8. The van der Waals surface area contributed by atoms with Crippen LogP contribution in [0.1, 0.15) is 18.9 Å². The molecule has 0 amide bonds. The molecule has 0 saturated heterocycles. The summed E-state index contributed by atoms with van der Waals surface area (Å²) >= 11 is 0. The van der Waals surface area contributed by atoms with Gasteiger partial charge in [-0.05, 0) is 18.1 Å². The number of non-ortho nitro benzene ring substituents is 1. The molecule has 2 aromatic carbocycles. The molecule has 0 spiro atoms. The van der Waals surface area contributed by atoms with Gasteiger partial charge < -0.3 is 4.74 Å². The minimum Gasteiger partial charge on any atom is -0.372 e. The van der Waals surface area contributed by atoms with Crippen LogP contribution < -0.4 is 4.72 Å². The summed E-state index contributed by atoms with van der Waals surface area (Å²) < 4.78 is 33.2. The number of nitrogens with one attached hydrogen (secondary N) is 1. The van der Waals surface area contributed by atoms with Crippen molar-refractivity contribution >= 4 is 15.7 Å². The highest BCUT2D eigenvalue weighted by Gasteiger charge is 2.32. The predicted molar refractivity (Wildman–Crippen MR) is 93.7 cm³/mol. The van der Waals surface area contributed by atoms with E-state index in [0.717, 1.165) is 11.6 Å². The smallest absolute Gasteiger partial charge is 0.270 e. The maximum absolute atomic E-state index is 12.5. The zero-order valence-electron chi connectivity index (χ0n) is 14.0. The lowest BCUT2D eigenvalue weighted by molar-refractivity contribution is -0.385. The highest BCUT2D eigenvalue weighted by molar-refractivity contribution is 7.89. The number of hydrogen-bond acceptors (Lipinski definition) is 5. The Balaban J connectivity index is 2.28. The fraction of sp³-hybridized carbons (Fsp3) is 0.294. The summed E-state index contributed by atoms with van der Waals surface area (Å²) in [5.74, 6) is 0. The Morgan fingerprint density at radius 2 is 1.84 bits per heavy atom. The van der Waals surface area contributed by atoms with Crippen LogP contribution in [0.2, 0.25) is 0 Å². The zero-order valence-corrected chi connectivity index (χ0v) is 14.8. The van der Waals surface area contributed by atoms with E-state index in [0.29, 0.717) is 6.42 Å². The molecule has 0 fully saturated rings. The first-order valence-electron chi connectivity index (χ1n) is 7.69. The molecular weight excluding hydrogens is 344 g/mol. The summed E-state index contributed by atoms with van der Waals surface area (Å²) in [7, 11) is -2.39. The summed E-state index contributed by atoms with van der Waals surface area (Å²) in [6, 6.07) is 14.3. The minimum absolute atomic E-state index is 0.00897. The summed E-state index contributed by atoms with van der Waals surface area (Å²) in [5, 5.41) is 10.8. The van der Waals surface area contributed by atoms with E-state index >= 15 is 0 Å². The van der Waals surface area contributed by atoms with Crippen LogP contribution >= 0.6 is 0 Å². The highest BCUT2D eigenvalue weighted by Crippen LogP contribution is 2.29. The van der Waals surface area contributed by atoms with Crippen molar-refractivity contribution in [2.75, 3.05) is 13.7 Å². The molecule has 2 aromatic rings. The molecule has 134 valence electrons. The number of hydrogen-bond donors (Lipinski definition) is 1. The third-order valence-corrected chi connectivity index (χ3v) is 5.55. The van der Waals surface area contributed by atoms with E-state index in [9.17, 15) is 18.5 Å². The van der Waals surface area contributed by atoms with E-state index < -0.39 is 20.5 Å². The van der Waals surface area contributed by atoms with E-state index in [1.54, 1.807) is 0 Å². The summed E-state index contributed by atoms with van der Waals surface area (Å²) in [6.45, 7) is 1.91. The average Bonchev–Trinajstić information content (AvgIpc) is 2.64. The van der Waals surface area contributed by atoms with Crippen LogP contribution in [0.25, 0.3) is 0 Å². The largest absolute Gasteiger partial charge is 0.372 e. The lowest BCUT2D eigenvalue weighted by Gasteiger charge is -2.32. The van der Waals surface area contributed by atoms with Crippen molar-refractivity contribution in [1.82, 2.24) is 4.72 Å². The van der Waals surface area contributed by atoms with E-state index in [1.165, 1.54) is 25.3 Å². The molecular formula is C17H20N2O5S. The quantitative estimate of drug-likeness (QED) is 0.574. The van der Waals surface area contributed by atoms with Crippen molar-refractivity contribution in [3.8, 4) is 0 Å². The van der Waals surface area contributed by atoms with E-state index in [4.69, 9.17) is 4.74 Å². The van der Waals surface area contributed by atoms with Crippen LogP contribution in [0, 0.1) is 10.1 Å². The van der Waals surface area contributed by atoms with Crippen molar-refractivity contribution in [2.24, 2.45) is 0 Å². The van der Waals surface area contributed by atoms with Gasteiger partial charge in [0.15, 0.2) is 0 Å². The maximum atomic E-state index is 12.5. The standard InChI is InChI=1S/C17H20N2O5S/c1-3-17(24-2,14-8-5-4-6-9-14)13-18-25(22,23)16-11-7-10-15(12-16)19(20)21/h4-12,18H,3,13H2,1-2H3. The second-order valence-corrected chi connectivity index (χ2v) is 7.26. The number of methoxy groups -OCH3 is 1. The molecule has 0 radical (unpaired) electrons. The van der Waals surface area contributed by atoms with Gasteiger partial charge in [-0.3, -0.25) is 10.1 Å². The first-order valence-corrected chi connectivity index (χ1v) is 9.18. The second kappa shape index (κ2) is 7.73. The van der Waals surface area contributed by atoms with Crippen molar-refractivity contribution in [3.63, 3.8) is 0 Å². The van der Waals surface area contributed by atoms with Crippen molar-refractivity contribution in [2.45, 2.75) is 23.8 Å². The molecule has 1 unspecified atom stereocenters. The van der Waals surface area contributed by atoms with Gasteiger partial charge in [-0.25, -0.2) is 13.1 Å². The minimum atomic E-state index is -3.91. The van der Waals surface area contributed by atoms with Crippen molar-refractivity contribution in [1.29, 1.82) is 0 Å². The first-order chi connectivity index (χ1) is 11.8. The molecule has 7 nitrogen and oxygen atoms in total. The summed E-state index contributed by atoms with van der Waals surface area (Å²) in [6.07, 6.45) is 0.547. The molecule has 0 heterocycles. The Morgan fingerprint density at radius 3 is 2.40 bits per heavy atom. The predicted octanol–water partition coefficient (Wildman–Crippen LogP) is 2.83. The molecule has 1 atom stereocenters. The van der Waals surface area contributed by atoms with Crippen LogP contribution in [0.5, 0.6) is 0 Å². The molecule has 0 aromatic heterocycles. The Labute approximate surface area is 146 Å². The normalized spacial score (nSPS) is 14.0. The van der Waals surface area contributed by atoms with Crippen LogP contribution in [0.3, 0.4) is 0 Å². The first kappa shape index (κ1) is 19.0. The highest BCUT2D eigenvalue weighted by atomic mass is 32.2. The monoisotopic (exact) mass is 364 g/mol. The number of nitro groups is 1. The van der Waals surface area contributed by atoms with Crippen LogP contribution in [-0.4, -0.2) is 27.0 Å². The van der Waals surface area contributed by atoms with Gasteiger partial charge >= 0.3 is 0 Å². The molecule has 1 N–H and O–H groups in total. The van der Waals surface area contributed by atoms with Crippen LogP contribution in [-0.2, 0) is 20.4 Å². The SMILES string of the molecule is CCC(CNS(=O)(=O)c1cccc([N+](=O)[O-])c1)(OC)c1ccccc1. The van der Waals surface area contributed by atoms with Gasteiger partial charge in [0.25, 0.3) is 5.69 Å². The molecule has 0 aliphatic rings. The average molecular weight is 364 g/mol. The second-order valence-electron chi connectivity index (χ2n) is 5.50. The van der Waals surface area contributed by atoms with E-state index in [2.05, 4.69) is 4.72 Å². The van der Waals surface area contributed by atoms with Crippen LogP contribution in [0.4, 0.5) is 5.69 Å². The molecule has 0 aliphatic heterocycles. The lowest BCUT2D eigenvalue weighted by Crippen LogP contribution is -2.41. The number of sulfonamides is 1. The summed E-state index contributed by atoms with van der Waals surface area (Å²) in [5.41, 5.74) is -0.254. The zero-order chi connectivity index (χ0) is 18.5. The molecule has 0 aliphatic carbocycles. The molecule has 8 heteroatoms. The number of nitro benzene ring substituents is 1. The van der Waals surface area contributed by atoms with Crippen molar-refractivity contribution in [3.05, 3.63) is 70.3 Å². The topological polar surface area (TPSA) is 98.5 Å². The van der Waals surface area contributed by atoms with Gasteiger partial charge in [0.2, 0.25) is 10.0 Å². The fourth-order valence-electron chi connectivity index (χ4n) is 2.57. The van der Waals surface area contributed by atoms with Gasteiger partial charge in [0.1, 0.15) is 5.60 Å².